The van der Waals surface area contributed by atoms with Gasteiger partial charge in [0.2, 0.25) is 0 Å². The standard InChI is InChI=1S/C14H19ClN4O2/c1-5-6-10-12(15)16-14(21)19(13(10)20)7-11-8(2)17-18(4)9(11)3/h5-7H2,1-4H3,(H,16,21). The summed E-state index contributed by atoms with van der Waals surface area (Å²) in [5.74, 6) is 0. The maximum atomic E-state index is 12.5. The number of H-pyrrole nitrogens is 1. The molecule has 0 unspecified atom stereocenters. The highest BCUT2D eigenvalue weighted by molar-refractivity contribution is 6.30. The van der Waals surface area contributed by atoms with Gasteiger partial charge in [-0.05, 0) is 20.3 Å². The lowest BCUT2D eigenvalue weighted by molar-refractivity contribution is 0.673. The number of nitrogens with zero attached hydrogens (tertiary/aromatic N) is 3. The minimum Gasteiger partial charge on any atom is -0.297 e. The quantitative estimate of drug-likeness (QED) is 0.871. The number of hydrogen-bond donors (Lipinski definition) is 1. The van der Waals surface area contributed by atoms with Crippen LogP contribution >= 0.6 is 11.6 Å². The number of aromatic amines is 1. The van der Waals surface area contributed by atoms with E-state index in [0.29, 0.717) is 12.0 Å². The zero-order chi connectivity index (χ0) is 15.7. The normalized spacial score (nSPS) is 11.1. The molecule has 0 saturated heterocycles. The fourth-order valence-electron chi connectivity index (χ4n) is 2.40. The summed E-state index contributed by atoms with van der Waals surface area (Å²) in [5, 5.41) is 4.45. The van der Waals surface area contributed by atoms with Gasteiger partial charge in [-0.15, -0.1) is 0 Å². The SMILES string of the molecule is CCCc1c(Cl)[nH]c(=O)n(Cc2c(C)nn(C)c2C)c1=O. The summed E-state index contributed by atoms with van der Waals surface area (Å²) in [6.07, 6.45) is 1.32. The third-order valence-corrected chi connectivity index (χ3v) is 4.03. The number of aryl methyl sites for hydroxylation is 2. The molecule has 0 amide bonds. The van der Waals surface area contributed by atoms with E-state index in [9.17, 15) is 9.59 Å². The van der Waals surface area contributed by atoms with Gasteiger partial charge in [0, 0.05) is 18.3 Å². The number of aromatic nitrogens is 4. The fraction of sp³-hybridized carbons (Fsp3) is 0.500. The molecule has 0 aliphatic carbocycles. The molecule has 0 aliphatic rings. The highest BCUT2D eigenvalue weighted by Gasteiger charge is 2.16. The average Bonchev–Trinajstić information content (AvgIpc) is 2.65. The maximum absolute atomic E-state index is 12.5. The number of hydrogen-bond acceptors (Lipinski definition) is 3. The molecule has 0 radical (unpaired) electrons. The van der Waals surface area contributed by atoms with Crippen molar-refractivity contribution in [3.05, 3.63) is 48.5 Å². The zero-order valence-electron chi connectivity index (χ0n) is 12.7. The van der Waals surface area contributed by atoms with Crippen LogP contribution in [0.2, 0.25) is 5.15 Å². The maximum Gasteiger partial charge on any atom is 0.329 e. The van der Waals surface area contributed by atoms with E-state index in [0.717, 1.165) is 23.4 Å². The molecule has 2 aromatic rings. The number of nitrogens with one attached hydrogen (secondary N) is 1. The second-order valence-corrected chi connectivity index (χ2v) is 5.51. The van der Waals surface area contributed by atoms with Gasteiger partial charge in [0.1, 0.15) is 5.15 Å². The van der Waals surface area contributed by atoms with Crippen molar-refractivity contribution >= 4 is 11.6 Å². The molecule has 2 aromatic heterocycles. The molecule has 1 N–H and O–H groups in total. The fourth-order valence-corrected chi connectivity index (χ4v) is 2.66. The Labute approximate surface area is 127 Å². The van der Waals surface area contributed by atoms with E-state index >= 15 is 0 Å². The van der Waals surface area contributed by atoms with Crippen molar-refractivity contribution in [2.45, 2.75) is 40.2 Å². The van der Waals surface area contributed by atoms with Crippen LogP contribution in [0.4, 0.5) is 0 Å². The van der Waals surface area contributed by atoms with Gasteiger partial charge in [-0.1, -0.05) is 24.9 Å². The molecule has 114 valence electrons. The summed E-state index contributed by atoms with van der Waals surface area (Å²) >= 11 is 5.97. The minimum absolute atomic E-state index is 0.141. The van der Waals surface area contributed by atoms with E-state index in [2.05, 4.69) is 10.1 Å². The van der Waals surface area contributed by atoms with E-state index < -0.39 is 5.69 Å². The summed E-state index contributed by atoms with van der Waals surface area (Å²) in [6.45, 7) is 5.94. The van der Waals surface area contributed by atoms with Crippen LogP contribution in [0.3, 0.4) is 0 Å². The third-order valence-electron chi connectivity index (χ3n) is 3.71. The van der Waals surface area contributed by atoms with Gasteiger partial charge in [0.15, 0.2) is 0 Å². The molecule has 2 heterocycles. The first-order valence-corrected chi connectivity index (χ1v) is 7.25. The van der Waals surface area contributed by atoms with Crippen molar-refractivity contribution in [2.24, 2.45) is 7.05 Å². The molecule has 0 fully saturated rings. The summed E-state index contributed by atoms with van der Waals surface area (Å²) in [4.78, 5) is 27.1. The Morgan fingerprint density at radius 2 is 1.90 bits per heavy atom. The monoisotopic (exact) mass is 310 g/mol. The Morgan fingerprint density at radius 1 is 1.24 bits per heavy atom. The molecule has 21 heavy (non-hydrogen) atoms. The van der Waals surface area contributed by atoms with Crippen LogP contribution in [0.25, 0.3) is 0 Å². The van der Waals surface area contributed by atoms with Gasteiger partial charge in [-0.2, -0.15) is 5.10 Å². The topological polar surface area (TPSA) is 72.7 Å². The summed E-state index contributed by atoms with van der Waals surface area (Å²) < 4.78 is 2.93. The van der Waals surface area contributed by atoms with Crippen LogP contribution in [0.5, 0.6) is 0 Å². The van der Waals surface area contributed by atoms with E-state index in [1.54, 1.807) is 4.68 Å². The van der Waals surface area contributed by atoms with Crippen LogP contribution in [0.15, 0.2) is 9.59 Å². The van der Waals surface area contributed by atoms with Crippen LogP contribution in [-0.2, 0) is 20.0 Å². The molecule has 0 saturated carbocycles. The predicted molar refractivity (Wildman–Crippen MR) is 82.1 cm³/mol. The van der Waals surface area contributed by atoms with Crippen molar-refractivity contribution in [1.82, 2.24) is 19.3 Å². The summed E-state index contributed by atoms with van der Waals surface area (Å²) in [5.41, 5.74) is 2.27. The van der Waals surface area contributed by atoms with E-state index in [1.807, 2.05) is 27.8 Å². The lowest BCUT2D eigenvalue weighted by Gasteiger charge is -2.09. The van der Waals surface area contributed by atoms with Crippen molar-refractivity contribution in [1.29, 1.82) is 0 Å². The zero-order valence-corrected chi connectivity index (χ0v) is 13.4. The minimum atomic E-state index is -0.493. The van der Waals surface area contributed by atoms with Crippen LogP contribution < -0.4 is 11.2 Å². The van der Waals surface area contributed by atoms with Crippen LogP contribution in [-0.4, -0.2) is 19.3 Å². The lowest BCUT2D eigenvalue weighted by atomic mass is 10.1. The summed E-state index contributed by atoms with van der Waals surface area (Å²) in [6, 6.07) is 0. The van der Waals surface area contributed by atoms with Gasteiger partial charge < -0.3 is 0 Å². The lowest BCUT2D eigenvalue weighted by Crippen LogP contribution is -2.38. The second kappa shape index (κ2) is 5.89. The van der Waals surface area contributed by atoms with Crippen LogP contribution in [0, 0.1) is 13.8 Å². The Bertz CT molecular complexity index is 785. The first-order valence-electron chi connectivity index (χ1n) is 6.87. The molecule has 0 bridgehead atoms. The van der Waals surface area contributed by atoms with Crippen molar-refractivity contribution in [3.8, 4) is 0 Å². The molecule has 0 aliphatic heterocycles. The Hall–Kier alpha value is -1.82. The van der Waals surface area contributed by atoms with Gasteiger partial charge in [0.25, 0.3) is 5.56 Å². The molecular weight excluding hydrogens is 292 g/mol. The number of rotatable bonds is 4. The highest BCUT2D eigenvalue weighted by atomic mass is 35.5. The van der Waals surface area contributed by atoms with Crippen molar-refractivity contribution in [2.75, 3.05) is 0 Å². The average molecular weight is 311 g/mol. The van der Waals surface area contributed by atoms with E-state index in [1.165, 1.54) is 4.57 Å². The highest BCUT2D eigenvalue weighted by Crippen LogP contribution is 2.13. The molecule has 0 atom stereocenters. The van der Waals surface area contributed by atoms with E-state index in [-0.39, 0.29) is 17.3 Å². The smallest absolute Gasteiger partial charge is 0.297 e. The molecular formula is C14H19ClN4O2. The molecule has 2 rings (SSSR count). The second-order valence-electron chi connectivity index (χ2n) is 5.14. The summed E-state index contributed by atoms with van der Waals surface area (Å²) in [7, 11) is 1.84. The predicted octanol–water partition coefficient (Wildman–Crippen LogP) is 1.54. The molecule has 7 heteroatoms. The Kier molecular flexibility index (Phi) is 4.37. The van der Waals surface area contributed by atoms with Crippen LogP contribution in [0.1, 0.15) is 35.9 Å². The van der Waals surface area contributed by atoms with E-state index in [4.69, 9.17) is 11.6 Å². The van der Waals surface area contributed by atoms with Gasteiger partial charge >= 0.3 is 5.69 Å². The Morgan fingerprint density at radius 3 is 2.43 bits per heavy atom. The number of halogens is 1. The molecule has 6 nitrogen and oxygen atoms in total. The van der Waals surface area contributed by atoms with Gasteiger partial charge in [-0.25, -0.2) is 4.79 Å². The van der Waals surface area contributed by atoms with Gasteiger partial charge in [-0.3, -0.25) is 19.0 Å². The van der Waals surface area contributed by atoms with Crippen molar-refractivity contribution < 1.29 is 0 Å². The Balaban J connectivity index is 2.57. The first kappa shape index (κ1) is 15.6. The largest absolute Gasteiger partial charge is 0.329 e. The first-order chi connectivity index (χ1) is 9.86. The third kappa shape index (κ3) is 2.81. The van der Waals surface area contributed by atoms with Crippen molar-refractivity contribution in [3.63, 3.8) is 0 Å². The van der Waals surface area contributed by atoms with Gasteiger partial charge in [0.05, 0.1) is 17.8 Å². The molecule has 0 spiro atoms. The molecule has 0 aromatic carbocycles.